The van der Waals surface area contributed by atoms with Gasteiger partial charge < -0.3 is 76.8 Å². The zero-order valence-corrected chi connectivity index (χ0v) is 13.8. The van der Waals surface area contributed by atoms with Crippen molar-refractivity contribution in [3.63, 3.8) is 0 Å². The maximum absolute atomic E-state index is 9.32. The molecule has 15 nitrogen and oxygen atoms in total. The van der Waals surface area contributed by atoms with Crippen LogP contribution in [-0.4, -0.2) is 89.9 Å². The minimum Gasteiger partial charge on any atom is -0.790 e. The Morgan fingerprint density at radius 2 is 0.632 bits per heavy atom. The van der Waals surface area contributed by atoms with Crippen molar-refractivity contribution in [2.24, 2.45) is 0 Å². The fourth-order valence-corrected chi connectivity index (χ4v) is 1.10. The maximum atomic E-state index is 9.32. The summed E-state index contributed by atoms with van der Waals surface area (Å²) in [5, 5.41) is 0. The summed E-state index contributed by atoms with van der Waals surface area (Å²) in [6.07, 6.45) is 0. The second-order valence-electron chi connectivity index (χ2n) is 0.976. The van der Waals surface area contributed by atoms with Gasteiger partial charge in [-0.15, -0.1) is 0 Å². The zero-order chi connectivity index (χ0) is 7.71. The standard InChI is InChI=1S/2Mg.H4O7P2.8H2O/c;;1-8(2,3)7-9(4,5)6;;;;;;;;/h;;(H2,1,2,3)(H2,4,5,6);8*1H2/q2*+2;;;;;;;;;/p-4. The Balaban J connectivity index is -0.00000000711. The van der Waals surface area contributed by atoms with Gasteiger partial charge in [0.2, 0.25) is 0 Å². The van der Waals surface area contributed by atoms with Gasteiger partial charge in [-0.05, 0) is 0 Å². The molecule has 0 aromatic rings. The molecule has 0 aromatic heterocycles. The first-order valence-corrected chi connectivity index (χ1v) is 4.38. The molecule has 120 valence electrons. The summed E-state index contributed by atoms with van der Waals surface area (Å²) in [5.41, 5.74) is 0. The van der Waals surface area contributed by atoms with Gasteiger partial charge in [-0.1, -0.05) is 0 Å². The molecule has 0 heterocycles. The summed E-state index contributed by atoms with van der Waals surface area (Å²) >= 11 is 0. The quantitative estimate of drug-likeness (QED) is 0.334. The molecule has 0 unspecified atom stereocenters. The summed E-state index contributed by atoms with van der Waals surface area (Å²) in [6.45, 7) is 0. The van der Waals surface area contributed by atoms with Gasteiger partial charge in [-0.2, -0.15) is 0 Å². The van der Waals surface area contributed by atoms with Crippen LogP contribution in [0.15, 0.2) is 0 Å². The van der Waals surface area contributed by atoms with Gasteiger partial charge in [0.05, 0.1) is 15.6 Å². The van der Waals surface area contributed by atoms with Gasteiger partial charge in [0, 0.05) is 0 Å². The van der Waals surface area contributed by atoms with Gasteiger partial charge in [0.15, 0.2) is 0 Å². The topological polar surface area (TPSA) is 388 Å². The molecule has 0 saturated heterocycles. The molecule has 0 aliphatic rings. The van der Waals surface area contributed by atoms with Crippen molar-refractivity contribution in [2.75, 3.05) is 0 Å². The Morgan fingerprint density at radius 1 is 0.526 bits per heavy atom. The molecule has 19 heteroatoms. The Hall–Kier alpha value is 1.47. The van der Waals surface area contributed by atoms with E-state index in [0.29, 0.717) is 0 Å². The van der Waals surface area contributed by atoms with E-state index in [-0.39, 0.29) is 89.9 Å². The van der Waals surface area contributed by atoms with Gasteiger partial charge >= 0.3 is 46.1 Å². The molecule has 0 fully saturated rings. The molecule has 0 saturated carbocycles. The second-order valence-corrected chi connectivity index (χ2v) is 3.42. The van der Waals surface area contributed by atoms with E-state index in [4.69, 9.17) is 0 Å². The van der Waals surface area contributed by atoms with Crippen LogP contribution in [0.5, 0.6) is 0 Å². The minimum absolute atomic E-state index is 0. The van der Waals surface area contributed by atoms with Crippen molar-refractivity contribution in [3.8, 4) is 0 Å². The first-order valence-electron chi connectivity index (χ1n) is 1.46. The number of hydrogen-bond acceptors (Lipinski definition) is 7. The molecule has 0 radical (unpaired) electrons. The van der Waals surface area contributed by atoms with Crippen LogP contribution in [0, 0.1) is 0 Å². The Morgan fingerprint density at radius 3 is 0.632 bits per heavy atom. The summed E-state index contributed by atoms with van der Waals surface area (Å²) in [4.78, 5) is 37.3. The molecule has 19 heavy (non-hydrogen) atoms. The second kappa shape index (κ2) is 31.7. The van der Waals surface area contributed by atoms with Crippen LogP contribution >= 0.6 is 15.6 Å². The van der Waals surface area contributed by atoms with E-state index in [1.54, 1.807) is 0 Å². The predicted octanol–water partition coefficient (Wildman–Crippen LogP) is -10.7. The van der Waals surface area contributed by atoms with Crippen molar-refractivity contribution in [2.45, 2.75) is 0 Å². The van der Waals surface area contributed by atoms with E-state index < -0.39 is 15.6 Å². The maximum Gasteiger partial charge on any atom is 2.00 e. The van der Waals surface area contributed by atoms with Crippen molar-refractivity contribution < 1.29 is 76.8 Å². The largest absolute Gasteiger partial charge is 2.00 e. The SMILES string of the molecule is O.O.O.O.O.O.O.O.O=P([O-])([O-])OP(=O)([O-])[O-].[Mg+2].[Mg+2]. The normalized spacial score (nSPS) is 6.53. The van der Waals surface area contributed by atoms with E-state index in [2.05, 4.69) is 4.31 Å². The van der Waals surface area contributed by atoms with Crippen LogP contribution in [0.1, 0.15) is 0 Å². The van der Waals surface area contributed by atoms with Crippen molar-refractivity contribution in [3.05, 3.63) is 0 Å². The van der Waals surface area contributed by atoms with Crippen molar-refractivity contribution in [1.82, 2.24) is 0 Å². The number of rotatable bonds is 2. The molecule has 0 spiro atoms. The molecule has 0 bridgehead atoms. The molecule has 0 aromatic carbocycles. The fourth-order valence-electron chi connectivity index (χ4n) is 0.122. The van der Waals surface area contributed by atoms with Crippen LogP contribution in [0.25, 0.3) is 0 Å². The van der Waals surface area contributed by atoms with Crippen LogP contribution < -0.4 is 19.6 Å². The summed E-state index contributed by atoms with van der Waals surface area (Å²) < 4.78 is 21.2. The van der Waals surface area contributed by atoms with Crippen molar-refractivity contribution >= 4 is 61.8 Å². The first kappa shape index (κ1) is 86.5. The Bertz CT molecular complexity index is 159. The summed E-state index contributed by atoms with van der Waals surface area (Å²) in [6, 6.07) is 0. The first-order chi connectivity index (χ1) is 3.71. The monoisotopic (exact) mass is 366 g/mol. The van der Waals surface area contributed by atoms with Gasteiger partial charge in [-0.3, -0.25) is 0 Å². The summed E-state index contributed by atoms with van der Waals surface area (Å²) in [5.74, 6) is 0. The third kappa shape index (κ3) is 106. The van der Waals surface area contributed by atoms with Crippen LogP contribution in [0.4, 0.5) is 0 Å². The molecular weight excluding hydrogens is 351 g/mol. The third-order valence-electron chi connectivity index (χ3n) is 0.200. The van der Waals surface area contributed by atoms with E-state index in [1.165, 1.54) is 0 Å². The van der Waals surface area contributed by atoms with E-state index >= 15 is 0 Å². The van der Waals surface area contributed by atoms with E-state index in [1.807, 2.05) is 0 Å². The predicted molar refractivity (Wildman–Crippen MR) is 56.7 cm³/mol. The van der Waals surface area contributed by atoms with Gasteiger partial charge in [-0.25, -0.2) is 0 Å². The number of phosphoric acid groups is 2. The zero-order valence-electron chi connectivity index (χ0n) is 9.17. The average Bonchev–Trinajstić information content (AvgIpc) is 1.14. The van der Waals surface area contributed by atoms with Crippen LogP contribution in [0.2, 0.25) is 0 Å². The third-order valence-corrected chi connectivity index (χ3v) is 1.80. The molecule has 0 aliphatic carbocycles. The number of hydrogen-bond donors (Lipinski definition) is 0. The fraction of sp³-hybridized carbons (Fsp3) is 0. The van der Waals surface area contributed by atoms with Crippen LogP contribution in [-0.2, 0) is 13.4 Å². The molecule has 16 N–H and O–H groups in total. The van der Waals surface area contributed by atoms with Gasteiger partial charge in [0.25, 0.3) is 0 Å². The molecule has 0 aliphatic heterocycles. The van der Waals surface area contributed by atoms with Crippen molar-refractivity contribution in [1.29, 1.82) is 0 Å². The Kier molecular flexibility index (Phi) is 144. The minimum atomic E-state index is -5.68. The molecular formula is H16Mg2O15P2. The summed E-state index contributed by atoms with van der Waals surface area (Å²) in [7, 11) is -11.4. The molecule has 0 amide bonds. The van der Waals surface area contributed by atoms with Gasteiger partial charge in [0.1, 0.15) is 0 Å². The average molecular weight is 367 g/mol. The smallest absolute Gasteiger partial charge is 0.790 e. The van der Waals surface area contributed by atoms with Crippen LogP contribution in [0.3, 0.4) is 0 Å². The van der Waals surface area contributed by atoms with E-state index in [0.717, 1.165) is 0 Å². The van der Waals surface area contributed by atoms with E-state index in [9.17, 15) is 28.7 Å². The Labute approximate surface area is 138 Å². The molecule has 0 rings (SSSR count). The molecule has 0 atom stereocenters.